The van der Waals surface area contributed by atoms with E-state index in [0.29, 0.717) is 12.2 Å². The lowest BCUT2D eigenvalue weighted by molar-refractivity contribution is 0.519. The normalized spacial score (nSPS) is 9.64. The van der Waals surface area contributed by atoms with Crippen LogP contribution in [0.25, 0.3) is 0 Å². The molecule has 14 heavy (non-hydrogen) atoms. The molecule has 1 rings (SSSR count). The van der Waals surface area contributed by atoms with Gasteiger partial charge in [-0.3, -0.25) is 4.68 Å². The molecule has 0 aliphatic carbocycles. The molecule has 0 amide bonds. The van der Waals surface area contributed by atoms with Gasteiger partial charge in [0.25, 0.3) is 0 Å². The molecule has 1 aromatic rings. The summed E-state index contributed by atoms with van der Waals surface area (Å²) in [6.07, 6.45) is 0. The number of hydrogen-bond acceptors (Lipinski definition) is 3. The zero-order chi connectivity index (χ0) is 9.84. The summed E-state index contributed by atoms with van der Waals surface area (Å²) in [5.74, 6) is 0. The smallest absolute Gasteiger partial charge is 0.139 e. The number of nitriles is 1. The van der Waals surface area contributed by atoms with E-state index in [0.717, 1.165) is 5.69 Å². The molecular formula is C9H15ClN4. The Morgan fingerprint density at radius 1 is 1.64 bits per heavy atom. The number of rotatable bonds is 3. The Balaban J connectivity index is 0.00000169. The summed E-state index contributed by atoms with van der Waals surface area (Å²) in [5.41, 5.74) is 1.54. The summed E-state index contributed by atoms with van der Waals surface area (Å²) >= 11 is 0. The van der Waals surface area contributed by atoms with Crippen LogP contribution < -0.4 is 5.32 Å². The highest BCUT2D eigenvalue weighted by atomic mass is 35.5. The van der Waals surface area contributed by atoms with Crippen LogP contribution in [0.2, 0.25) is 0 Å². The molecule has 0 fully saturated rings. The van der Waals surface area contributed by atoms with Crippen molar-refractivity contribution < 1.29 is 0 Å². The topological polar surface area (TPSA) is 53.6 Å². The van der Waals surface area contributed by atoms with Crippen molar-refractivity contribution in [3.05, 3.63) is 17.5 Å². The second kappa shape index (κ2) is 5.63. The Hall–Kier alpha value is -1.05. The van der Waals surface area contributed by atoms with Gasteiger partial charge in [0.15, 0.2) is 0 Å². The third-order valence-electron chi connectivity index (χ3n) is 1.75. The van der Waals surface area contributed by atoms with E-state index in [-0.39, 0.29) is 18.4 Å². The predicted octanol–water partition coefficient (Wildman–Crippen LogP) is 1.48. The number of halogens is 1. The van der Waals surface area contributed by atoms with Crippen molar-refractivity contribution in [1.29, 1.82) is 5.26 Å². The van der Waals surface area contributed by atoms with Gasteiger partial charge in [-0.25, -0.2) is 0 Å². The van der Waals surface area contributed by atoms with E-state index in [1.54, 1.807) is 4.68 Å². The van der Waals surface area contributed by atoms with Crippen LogP contribution in [0.15, 0.2) is 6.07 Å². The van der Waals surface area contributed by atoms with Crippen molar-refractivity contribution in [3.8, 4) is 6.07 Å². The van der Waals surface area contributed by atoms with E-state index in [1.807, 2.05) is 27.0 Å². The fraction of sp³-hybridized carbons (Fsp3) is 0.556. The van der Waals surface area contributed by atoms with Crippen LogP contribution >= 0.6 is 12.4 Å². The van der Waals surface area contributed by atoms with Crippen LogP contribution in [0.1, 0.15) is 31.3 Å². The number of nitrogens with one attached hydrogen (secondary N) is 1. The van der Waals surface area contributed by atoms with E-state index < -0.39 is 0 Å². The van der Waals surface area contributed by atoms with E-state index in [1.165, 1.54) is 0 Å². The minimum atomic E-state index is 0. The first kappa shape index (κ1) is 12.9. The van der Waals surface area contributed by atoms with Gasteiger partial charge in [-0.15, -0.1) is 12.4 Å². The largest absolute Gasteiger partial charge is 0.314 e. The van der Waals surface area contributed by atoms with Gasteiger partial charge in [-0.1, -0.05) is 0 Å². The molecule has 78 valence electrons. The molecule has 0 unspecified atom stereocenters. The monoisotopic (exact) mass is 214 g/mol. The number of aromatic nitrogens is 2. The first-order valence-electron chi connectivity index (χ1n) is 4.32. The Morgan fingerprint density at radius 3 is 2.64 bits per heavy atom. The molecule has 5 heteroatoms. The van der Waals surface area contributed by atoms with Gasteiger partial charge in [-0.05, 0) is 27.0 Å². The van der Waals surface area contributed by atoms with Crippen LogP contribution in [0.3, 0.4) is 0 Å². The maximum atomic E-state index is 8.82. The third-order valence-corrected chi connectivity index (χ3v) is 1.75. The maximum absolute atomic E-state index is 8.82. The molecule has 1 N–H and O–H groups in total. The summed E-state index contributed by atoms with van der Waals surface area (Å²) in [7, 11) is 1.86. The molecule has 0 bridgehead atoms. The lowest BCUT2D eigenvalue weighted by Gasteiger charge is -2.05. The van der Waals surface area contributed by atoms with Crippen molar-refractivity contribution in [2.24, 2.45) is 0 Å². The van der Waals surface area contributed by atoms with Crippen molar-refractivity contribution in [1.82, 2.24) is 15.1 Å². The summed E-state index contributed by atoms with van der Waals surface area (Å²) in [6.45, 7) is 4.72. The van der Waals surface area contributed by atoms with Crippen molar-refractivity contribution >= 4 is 12.4 Å². The average molecular weight is 215 g/mol. The molecule has 4 nitrogen and oxygen atoms in total. The predicted molar refractivity (Wildman–Crippen MR) is 57.3 cm³/mol. The zero-order valence-corrected chi connectivity index (χ0v) is 9.43. The van der Waals surface area contributed by atoms with E-state index in [4.69, 9.17) is 5.26 Å². The van der Waals surface area contributed by atoms with Gasteiger partial charge in [0.1, 0.15) is 11.8 Å². The van der Waals surface area contributed by atoms with Crippen molar-refractivity contribution in [3.63, 3.8) is 0 Å². The quantitative estimate of drug-likeness (QED) is 0.829. The van der Waals surface area contributed by atoms with Crippen LogP contribution in [0, 0.1) is 11.3 Å². The second-order valence-electron chi connectivity index (χ2n) is 3.20. The molecule has 0 aliphatic heterocycles. The molecule has 0 aromatic carbocycles. The molecule has 0 saturated carbocycles. The minimum absolute atomic E-state index is 0. The Morgan fingerprint density at radius 2 is 2.29 bits per heavy atom. The van der Waals surface area contributed by atoms with Crippen molar-refractivity contribution in [2.45, 2.75) is 26.4 Å². The molecule has 1 heterocycles. The molecular weight excluding hydrogens is 200 g/mol. The lowest BCUT2D eigenvalue weighted by Crippen LogP contribution is -2.08. The van der Waals surface area contributed by atoms with E-state index >= 15 is 0 Å². The van der Waals surface area contributed by atoms with Crippen LogP contribution in [-0.2, 0) is 6.54 Å². The molecule has 0 atom stereocenters. The first-order chi connectivity index (χ1) is 6.19. The van der Waals surface area contributed by atoms with Gasteiger partial charge in [0.2, 0.25) is 0 Å². The Kier molecular flexibility index (Phi) is 5.21. The maximum Gasteiger partial charge on any atom is 0.139 e. The SMILES string of the molecule is CNCc1cc(C#N)n(C(C)C)n1.Cl. The summed E-state index contributed by atoms with van der Waals surface area (Å²) in [4.78, 5) is 0. The highest BCUT2D eigenvalue weighted by Crippen LogP contribution is 2.09. The fourth-order valence-corrected chi connectivity index (χ4v) is 1.19. The van der Waals surface area contributed by atoms with E-state index in [9.17, 15) is 0 Å². The average Bonchev–Trinajstić information content (AvgIpc) is 2.48. The van der Waals surface area contributed by atoms with Gasteiger partial charge < -0.3 is 5.32 Å². The third kappa shape index (κ3) is 2.72. The Bertz CT molecular complexity index is 324. The second-order valence-corrected chi connectivity index (χ2v) is 3.20. The summed E-state index contributed by atoms with van der Waals surface area (Å²) in [6, 6.07) is 4.18. The highest BCUT2D eigenvalue weighted by Gasteiger charge is 2.08. The first-order valence-corrected chi connectivity index (χ1v) is 4.32. The van der Waals surface area contributed by atoms with Crippen molar-refractivity contribution in [2.75, 3.05) is 7.05 Å². The van der Waals surface area contributed by atoms with Gasteiger partial charge >= 0.3 is 0 Å². The summed E-state index contributed by atoms with van der Waals surface area (Å²) < 4.78 is 1.74. The number of hydrogen-bond donors (Lipinski definition) is 1. The lowest BCUT2D eigenvalue weighted by atomic mass is 10.3. The zero-order valence-electron chi connectivity index (χ0n) is 8.61. The molecule has 0 spiro atoms. The van der Waals surface area contributed by atoms with Crippen LogP contribution in [-0.4, -0.2) is 16.8 Å². The van der Waals surface area contributed by atoms with Crippen LogP contribution in [0.5, 0.6) is 0 Å². The van der Waals surface area contributed by atoms with Gasteiger partial charge in [-0.2, -0.15) is 10.4 Å². The minimum Gasteiger partial charge on any atom is -0.314 e. The molecule has 0 aliphatic rings. The standard InChI is InChI=1S/C9H14N4.ClH/c1-7(2)13-9(5-10)4-8(12-13)6-11-3;/h4,7,11H,6H2,1-3H3;1H. The molecule has 0 saturated heterocycles. The molecule has 1 aromatic heterocycles. The van der Waals surface area contributed by atoms with Gasteiger partial charge in [0.05, 0.1) is 5.69 Å². The molecule has 0 radical (unpaired) electrons. The fourth-order valence-electron chi connectivity index (χ4n) is 1.19. The summed E-state index contributed by atoms with van der Waals surface area (Å²) in [5, 5.41) is 16.1. The highest BCUT2D eigenvalue weighted by molar-refractivity contribution is 5.85. The Labute approximate surface area is 90.3 Å². The number of nitrogens with zero attached hydrogens (tertiary/aromatic N) is 3. The van der Waals surface area contributed by atoms with Gasteiger partial charge in [0, 0.05) is 12.6 Å². The van der Waals surface area contributed by atoms with E-state index in [2.05, 4.69) is 16.5 Å². The van der Waals surface area contributed by atoms with Crippen LogP contribution in [0.4, 0.5) is 0 Å².